The molecule has 6 nitrogen and oxygen atoms in total. The lowest BCUT2D eigenvalue weighted by atomic mass is 10.1. The van der Waals surface area contributed by atoms with Gasteiger partial charge >= 0.3 is 0 Å². The van der Waals surface area contributed by atoms with Crippen LogP contribution in [0.3, 0.4) is 0 Å². The topological polar surface area (TPSA) is 73.8 Å². The molecule has 0 N–H and O–H groups in total. The maximum atomic E-state index is 13.2. The van der Waals surface area contributed by atoms with Crippen LogP contribution >= 0.6 is 0 Å². The molecule has 0 atom stereocenters. The smallest absolute Gasteiger partial charge is 0.279 e. The van der Waals surface area contributed by atoms with Gasteiger partial charge in [-0.2, -0.15) is 14.8 Å². The highest BCUT2D eigenvalue weighted by Gasteiger charge is 2.19. The average Bonchev–Trinajstić information content (AvgIpc) is 3.26. The molecule has 31 heavy (non-hydrogen) atoms. The molecule has 0 bridgehead atoms. The van der Waals surface area contributed by atoms with E-state index in [0.29, 0.717) is 28.0 Å². The lowest BCUT2D eigenvalue weighted by Gasteiger charge is -2.10. The van der Waals surface area contributed by atoms with Crippen molar-refractivity contribution in [3.63, 3.8) is 0 Å². The summed E-state index contributed by atoms with van der Waals surface area (Å²) in [6.07, 6.45) is 0. The van der Waals surface area contributed by atoms with E-state index in [-0.39, 0.29) is 11.4 Å². The van der Waals surface area contributed by atoms with Crippen LogP contribution in [0, 0.1) is 20.8 Å². The summed E-state index contributed by atoms with van der Waals surface area (Å²) in [5.74, 6) is 0.749. The first-order chi connectivity index (χ1) is 15.0. The first kappa shape index (κ1) is 18.9. The minimum absolute atomic E-state index is 0.193. The van der Waals surface area contributed by atoms with Gasteiger partial charge in [0.15, 0.2) is 5.69 Å². The van der Waals surface area contributed by atoms with E-state index in [4.69, 9.17) is 4.52 Å². The Labute approximate surface area is 178 Å². The highest BCUT2D eigenvalue weighted by molar-refractivity contribution is 5.92. The van der Waals surface area contributed by atoms with Gasteiger partial charge < -0.3 is 4.52 Å². The van der Waals surface area contributed by atoms with E-state index in [1.807, 2.05) is 81.4 Å². The molecular formula is C25H20N4O2. The maximum Gasteiger partial charge on any atom is 0.279 e. The predicted molar refractivity (Wildman–Crippen MR) is 120 cm³/mol. The van der Waals surface area contributed by atoms with Crippen molar-refractivity contribution in [2.24, 2.45) is 0 Å². The van der Waals surface area contributed by atoms with Crippen LogP contribution in [0.25, 0.3) is 39.4 Å². The molecule has 5 aromatic rings. The van der Waals surface area contributed by atoms with Gasteiger partial charge in [-0.05, 0) is 56.2 Å². The van der Waals surface area contributed by atoms with Crippen LogP contribution < -0.4 is 5.56 Å². The summed E-state index contributed by atoms with van der Waals surface area (Å²) in [6, 6.07) is 21.1. The lowest BCUT2D eigenvalue weighted by Crippen LogP contribution is -2.22. The molecule has 0 fully saturated rings. The summed E-state index contributed by atoms with van der Waals surface area (Å²) in [5, 5.41) is 10.0. The van der Waals surface area contributed by atoms with Crippen molar-refractivity contribution in [3.8, 4) is 28.7 Å². The molecule has 152 valence electrons. The fraction of sp³-hybridized carbons (Fsp3) is 0.120. The summed E-state index contributed by atoms with van der Waals surface area (Å²) in [7, 11) is 0. The fourth-order valence-electron chi connectivity index (χ4n) is 3.60. The molecule has 3 aromatic carbocycles. The molecule has 0 saturated carbocycles. The first-order valence-corrected chi connectivity index (χ1v) is 10.0. The van der Waals surface area contributed by atoms with Crippen molar-refractivity contribution in [1.29, 1.82) is 0 Å². The van der Waals surface area contributed by atoms with Crippen LogP contribution in [-0.4, -0.2) is 19.9 Å². The van der Waals surface area contributed by atoms with Crippen molar-refractivity contribution < 1.29 is 4.52 Å². The molecule has 0 unspecified atom stereocenters. The molecule has 2 aromatic heterocycles. The Bertz CT molecular complexity index is 1500. The minimum atomic E-state index is -0.193. The van der Waals surface area contributed by atoms with Crippen LogP contribution in [0.5, 0.6) is 0 Å². The standard InChI is InChI=1S/C25H20N4O2/c1-15-7-6-8-18(13-15)23-26-24(31-28-23)22-20-9-4-5-10-21(20)25(30)29(27-22)19-12-11-16(2)17(3)14-19/h4-14H,1-3H3. The Morgan fingerprint density at radius 3 is 2.42 bits per heavy atom. The second-order valence-electron chi connectivity index (χ2n) is 7.67. The van der Waals surface area contributed by atoms with E-state index in [0.717, 1.165) is 22.3 Å². The highest BCUT2D eigenvalue weighted by atomic mass is 16.5. The number of hydrogen-bond acceptors (Lipinski definition) is 5. The largest absolute Gasteiger partial charge is 0.332 e. The monoisotopic (exact) mass is 408 g/mol. The first-order valence-electron chi connectivity index (χ1n) is 10.0. The molecule has 0 aliphatic carbocycles. The van der Waals surface area contributed by atoms with E-state index in [2.05, 4.69) is 15.2 Å². The van der Waals surface area contributed by atoms with Crippen LogP contribution in [0.2, 0.25) is 0 Å². The van der Waals surface area contributed by atoms with E-state index < -0.39 is 0 Å². The number of fused-ring (bicyclic) bond motifs is 1. The van der Waals surface area contributed by atoms with Gasteiger partial charge in [-0.3, -0.25) is 4.79 Å². The number of aryl methyl sites for hydroxylation is 3. The second kappa shape index (κ2) is 7.32. The number of aromatic nitrogens is 4. The summed E-state index contributed by atoms with van der Waals surface area (Å²) in [5.41, 5.74) is 5.18. The molecule has 0 aliphatic rings. The Balaban J connectivity index is 1.73. The lowest BCUT2D eigenvalue weighted by molar-refractivity contribution is 0.430. The van der Waals surface area contributed by atoms with E-state index in [1.54, 1.807) is 6.07 Å². The zero-order chi connectivity index (χ0) is 21.5. The third-order valence-corrected chi connectivity index (χ3v) is 5.44. The molecule has 0 saturated heterocycles. The molecule has 0 radical (unpaired) electrons. The Hall–Kier alpha value is -4.06. The molecule has 0 amide bonds. The number of hydrogen-bond donors (Lipinski definition) is 0. The van der Waals surface area contributed by atoms with E-state index >= 15 is 0 Å². The highest BCUT2D eigenvalue weighted by Crippen LogP contribution is 2.27. The van der Waals surface area contributed by atoms with Gasteiger partial charge in [-0.15, -0.1) is 0 Å². The normalized spacial score (nSPS) is 11.2. The van der Waals surface area contributed by atoms with Crippen molar-refractivity contribution in [3.05, 3.63) is 93.8 Å². The van der Waals surface area contributed by atoms with Crippen LogP contribution in [0.4, 0.5) is 0 Å². The van der Waals surface area contributed by atoms with Crippen molar-refractivity contribution in [1.82, 2.24) is 19.9 Å². The summed E-state index contributed by atoms with van der Waals surface area (Å²) >= 11 is 0. The van der Waals surface area contributed by atoms with E-state index in [1.165, 1.54) is 4.68 Å². The average molecular weight is 408 g/mol. The number of rotatable bonds is 3. The third kappa shape index (κ3) is 3.32. The van der Waals surface area contributed by atoms with Gasteiger partial charge in [0.1, 0.15) is 0 Å². The second-order valence-corrected chi connectivity index (χ2v) is 7.67. The quantitative estimate of drug-likeness (QED) is 0.419. The predicted octanol–water partition coefficient (Wildman–Crippen LogP) is 5.03. The van der Waals surface area contributed by atoms with Gasteiger partial charge in [-0.25, -0.2) is 0 Å². The molecule has 6 heteroatoms. The van der Waals surface area contributed by atoms with Crippen LogP contribution in [0.15, 0.2) is 76.0 Å². The Morgan fingerprint density at radius 2 is 1.65 bits per heavy atom. The van der Waals surface area contributed by atoms with E-state index in [9.17, 15) is 4.79 Å². The van der Waals surface area contributed by atoms with Crippen molar-refractivity contribution >= 4 is 10.8 Å². The molecule has 2 heterocycles. The van der Waals surface area contributed by atoms with Gasteiger partial charge in [0.05, 0.1) is 11.1 Å². The van der Waals surface area contributed by atoms with Gasteiger partial charge in [0.25, 0.3) is 11.4 Å². The number of nitrogens with zero attached hydrogens (tertiary/aromatic N) is 4. The summed E-state index contributed by atoms with van der Waals surface area (Å²) in [4.78, 5) is 17.8. The zero-order valence-corrected chi connectivity index (χ0v) is 17.5. The molecule has 0 spiro atoms. The van der Waals surface area contributed by atoms with Gasteiger partial charge in [-0.1, -0.05) is 53.2 Å². The zero-order valence-electron chi connectivity index (χ0n) is 17.5. The van der Waals surface area contributed by atoms with Gasteiger partial charge in [0, 0.05) is 10.9 Å². The minimum Gasteiger partial charge on any atom is -0.332 e. The van der Waals surface area contributed by atoms with Crippen molar-refractivity contribution in [2.75, 3.05) is 0 Å². The van der Waals surface area contributed by atoms with Crippen molar-refractivity contribution in [2.45, 2.75) is 20.8 Å². The Morgan fingerprint density at radius 1 is 0.839 bits per heavy atom. The molecule has 5 rings (SSSR count). The Kier molecular flexibility index (Phi) is 4.47. The number of benzene rings is 3. The fourth-order valence-corrected chi connectivity index (χ4v) is 3.60. The molecular weight excluding hydrogens is 388 g/mol. The summed E-state index contributed by atoms with van der Waals surface area (Å²) < 4.78 is 6.99. The third-order valence-electron chi connectivity index (χ3n) is 5.44. The van der Waals surface area contributed by atoms with Gasteiger partial charge in [0.2, 0.25) is 5.82 Å². The molecule has 0 aliphatic heterocycles. The van der Waals surface area contributed by atoms with Crippen LogP contribution in [0.1, 0.15) is 16.7 Å². The van der Waals surface area contributed by atoms with Crippen LogP contribution in [-0.2, 0) is 0 Å². The SMILES string of the molecule is Cc1cccc(-c2noc(-c3nn(-c4ccc(C)c(C)c4)c(=O)c4ccccc34)n2)c1. The summed E-state index contributed by atoms with van der Waals surface area (Å²) in [6.45, 7) is 6.06. The maximum absolute atomic E-state index is 13.2.